The number of benzene rings is 2. The number of nitriles is 1. The maximum absolute atomic E-state index is 14.2. The summed E-state index contributed by atoms with van der Waals surface area (Å²) < 4.78 is 14.2. The molecule has 0 fully saturated rings. The van der Waals surface area contributed by atoms with Crippen LogP contribution in [0.5, 0.6) is 0 Å². The molecule has 0 unspecified atom stereocenters. The lowest BCUT2D eigenvalue weighted by molar-refractivity contribution is 0.102. The molecule has 0 atom stereocenters. The summed E-state index contributed by atoms with van der Waals surface area (Å²) in [6, 6.07) is 12.7. The molecule has 0 bridgehead atoms. The van der Waals surface area contributed by atoms with Crippen LogP contribution in [0.2, 0.25) is 5.02 Å². The van der Waals surface area contributed by atoms with Gasteiger partial charge in [-0.15, -0.1) is 6.42 Å². The normalized spacial score (nSPS) is 9.87. The highest BCUT2D eigenvalue weighted by atomic mass is 35.5. The van der Waals surface area contributed by atoms with Crippen LogP contribution in [0.1, 0.15) is 31.8 Å². The van der Waals surface area contributed by atoms with Crippen LogP contribution < -0.4 is 10.6 Å². The Hall–Kier alpha value is -4.20. The van der Waals surface area contributed by atoms with Crippen LogP contribution in [0.25, 0.3) is 0 Å². The van der Waals surface area contributed by atoms with E-state index in [9.17, 15) is 14.0 Å². The number of halogens is 2. The molecule has 2 N–H and O–H groups in total. The molecule has 3 rings (SSSR count). The summed E-state index contributed by atoms with van der Waals surface area (Å²) in [6.07, 6.45) is 6.77. The minimum atomic E-state index is -0.858. The third-order valence-electron chi connectivity index (χ3n) is 3.99. The lowest BCUT2D eigenvalue weighted by Gasteiger charge is -2.12. The second kappa shape index (κ2) is 8.87. The van der Waals surface area contributed by atoms with Crippen LogP contribution in [-0.2, 0) is 0 Å². The fourth-order valence-corrected chi connectivity index (χ4v) is 2.63. The van der Waals surface area contributed by atoms with Crippen molar-refractivity contribution in [2.24, 2.45) is 0 Å². The fraction of sp³-hybridized carbons (Fsp3) is 0. The Bertz CT molecular complexity index is 1230. The maximum atomic E-state index is 14.2. The number of pyridine rings is 1. The van der Waals surface area contributed by atoms with Crippen molar-refractivity contribution in [3.05, 3.63) is 87.8 Å². The second-order valence-corrected chi connectivity index (χ2v) is 6.42. The average molecular weight is 419 g/mol. The quantitative estimate of drug-likeness (QED) is 0.620. The summed E-state index contributed by atoms with van der Waals surface area (Å²) in [7, 11) is 0. The summed E-state index contributed by atoms with van der Waals surface area (Å²) in [6.45, 7) is 0. The number of aromatic nitrogens is 1. The van der Waals surface area contributed by atoms with Crippen LogP contribution in [0.4, 0.5) is 15.9 Å². The van der Waals surface area contributed by atoms with Gasteiger partial charge in [0.1, 0.15) is 11.6 Å². The predicted molar refractivity (Wildman–Crippen MR) is 111 cm³/mol. The van der Waals surface area contributed by atoms with Gasteiger partial charge in [0.2, 0.25) is 0 Å². The minimum Gasteiger partial charge on any atom is -0.321 e. The molecule has 30 heavy (non-hydrogen) atoms. The molecule has 0 saturated carbocycles. The number of carbonyl (C=O) groups excluding carboxylic acids is 2. The van der Waals surface area contributed by atoms with Gasteiger partial charge in [-0.25, -0.2) is 9.37 Å². The Morgan fingerprint density at radius 1 is 1.00 bits per heavy atom. The van der Waals surface area contributed by atoms with Gasteiger partial charge in [-0.3, -0.25) is 9.59 Å². The van der Waals surface area contributed by atoms with E-state index in [2.05, 4.69) is 21.5 Å². The van der Waals surface area contributed by atoms with Crippen LogP contribution >= 0.6 is 11.6 Å². The van der Waals surface area contributed by atoms with E-state index in [1.165, 1.54) is 42.6 Å². The van der Waals surface area contributed by atoms with E-state index in [0.29, 0.717) is 10.6 Å². The average Bonchev–Trinajstić information content (AvgIpc) is 2.75. The van der Waals surface area contributed by atoms with E-state index in [1.54, 1.807) is 12.1 Å². The van der Waals surface area contributed by atoms with Gasteiger partial charge >= 0.3 is 0 Å². The molecule has 0 aliphatic rings. The monoisotopic (exact) mass is 418 g/mol. The number of rotatable bonds is 4. The fourth-order valence-electron chi connectivity index (χ4n) is 2.52. The van der Waals surface area contributed by atoms with Crippen molar-refractivity contribution in [3.8, 4) is 18.4 Å². The van der Waals surface area contributed by atoms with Crippen molar-refractivity contribution < 1.29 is 14.0 Å². The van der Waals surface area contributed by atoms with Crippen molar-refractivity contribution in [1.29, 1.82) is 5.26 Å². The summed E-state index contributed by atoms with van der Waals surface area (Å²) >= 11 is 5.78. The van der Waals surface area contributed by atoms with Crippen molar-refractivity contribution in [1.82, 2.24) is 4.98 Å². The lowest BCUT2D eigenvalue weighted by Crippen LogP contribution is -2.19. The highest BCUT2D eigenvalue weighted by Crippen LogP contribution is 2.21. The number of amides is 2. The minimum absolute atomic E-state index is 0.0598. The van der Waals surface area contributed by atoms with E-state index in [4.69, 9.17) is 23.3 Å². The van der Waals surface area contributed by atoms with Gasteiger partial charge in [-0.2, -0.15) is 5.26 Å². The number of nitrogens with zero attached hydrogens (tertiary/aromatic N) is 2. The van der Waals surface area contributed by atoms with Gasteiger partial charge in [-0.1, -0.05) is 17.5 Å². The van der Waals surface area contributed by atoms with Crippen molar-refractivity contribution in [3.63, 3.8) is 0 Å². The van der Waals surface area contributed by atoms with E-state index in [1.807, 2.05) is 0 Å². The van der Waals surface area contributed by atoms with Gasteiger partial charge in [0.25, 0.3) is 11.8 Å². The molecule has 2 amide bonds. The third kappa shape index (κ3) is 4.61. The molecule has 2 aromatic carbocycles. The number of hydrogen-bond donors (Lipinski definition) is 2. The smallest absolute Gasteiger partial charge is 0.258 e. The molecule has 1 aromatic heterocycles. The van der Waals surface area contributed by atoms with Crippen LogP contribution in [0, 0.1) is 29.5 Å². The van der Waals surface area contributed by atoms with E-state index >= 15 is 0 Å². The van der Waals surface area contributed by atoms with E-state index in [-0.39, 0.29) is 28.2 Å². The standard InChI is InChI=1S/C22H12ClFN4O2/c1-2-13-4-7-19(27-21(29)16-6-3-14(11-25)10-18(16)24)17(9-13)22(30)28-20-8-5-15(23)12-26-20/h1,3-10,12H,(H,27,29)(H,26,28,30). The summed E-state index contributed by atoms with van der Waals surface area (Å²) in [5, 5.41) is 14.3. The zero-order valence-corrected chi connectivity index (χ0v) is 16.0. The number of terminal acetylenes is 1. The molecule has 0 radical (unpaired) electrons. The SMILES string of the molecule is C#Cc1ccc(NC(=O)c2ccc(C#N)cc2F)c(C(=O)Nc2ccc(Cl)cn2)c1. The summed E-state index contributed by atoms with van der Waals surface area (Å²) in [5.41, 5.74) is 0.393. The molecule has 0 spiro atoms. The largest absolute Gasteiger partial charge is 0.321 e. The van der Waals surface area contributed by atoms with Crippen molar-refractivity contribution >= 4 is 34.9 Å². The Morgan fingerprint density at radius 2 is 1.73 bits per heavy atom. The van der Waals surface area contributed by atoms with Gasteiger partial charge in [0.15, 0.2) is 0 Å². The molecule has 1 heterocycles. The molecule has 3 aromatic rings. The first kappa shape index (κ1) is 20.5. The zero-order valence-electron chi connectivity index (χ0n) is 15.2. The second-order valence-electron chi connectivity index (χ2n) is 5.98. The number of nitrogens with one attached hydrogen (secondary N) is 2. The number of carbonyl (C=O) groups is 2. The van der Waals surface area contributed by atoms with Gasteiger partial charge in [0, 0.05) is 11.8 Å². The molecular weight excluding hydrogens is 407 g/mol. The van der Waals surface area contributed by atoms with Gasteiger partial charge in [-0.05, 0) is 48.5 Å². The van der Waals surface area contributed by atoms with Crippen LogP contribution in [-0.4, -0.2) is 16.8 Å². The Morgan fingerprint density at radius 3 is 2.37 bits per heavy atom. The van der Waals surface area contributed by atoms with Crippen LogP contribution in [0.3, 0.4) is 0 Å². The summed E-state index contributed by atoms with van der Waals surface area (Å²) in [5.74, 6) is 0.421. The zero-order chi connectivity index (χ0) is 21.7. The molecule has 0 saturated heterocycles. The molecular formula is C22H12ClFN4O2. The van der Waals surface area contributed by atoms with E-state index in [0.717, 1.165) is 6.07 Å². The number of anilines is 2. The number of hydrogen-bond acceptors (Lipinski definition) is 4. The van der Waals surface area contributed by atoms with Crippen molar-refractivity contribution in [2.75, 3.05) is 10.6 Å². The molecule has 8 heteroatoms. The van der Waals surface area contributed by atoms with Gasteiger partial charge in [0.05, 0.1) is 33.5 Å². The first-order chi connectivity index (χ1) is 14.4. The summed E-state index contributed by atoms with van der Waals surface area (Å²) in [4.78, 5) is 29.3. The highest BCUT2D eigenvalue weighted by Gasteiger charge is 2.18. The highest BCUT2D eigenvalue weighted by molar-refractivity contribution is 6.30. The third-order valence-corrected chi connectivity index (χ3v) is 4.21. The van der Waals surface area contributed by atoms with Gasteiger partial charge < -0.3 is 10.6 Å². The molecule has 0 aliphatic heterocycles. The van der Waals surface area contributed by atoms with Crippen molar-refractivity contribution in [2.45, 2.75) is 0 Å². The topological polar surface area (TPSA) is 94.9 Å². The molecule has 6 nitrogen and oxygen atoms in total. The van der Waals surface area contributed by atoms with E-state index < -0.39 is 17.6 Å². The maximum Gasteiger partial charge on any atom is 0.258 e. The van der Waals surface area contributed by atoms with Crippen LogP contribution in [0.15, 0.2) is 54.7 Å². The molecule has 146 valence electrons. The first-order valence-electron chi connectivity index (χ1n) is 8.46. The lowest BCUT2D eigenvalue weighted by atomic mass is 10.1. The Labute approximate surface area is 176 Å². The Kier molecular flexibility index (Phi) is 6.07. The Balaban J connectivity index is 1.90. The predicted octanol–water partition coefficient (Wildman–Crippen LogP) is 4.23. The first-order valence-corrected chi connectivity index (χ1v) is 8.83. The molecule has 0 aliphatic carbocycles.